The number of rotatable bonds is 7. The third-order valence-electron chi connectivity index (χ3n) is 4.59. The van der Waals surface area contributed by atoms with Gasteiger partial charge >= 0.3 is 6.18 Å². The summed E-state index contributed by atoms with van der Waals surface area (Å²) in [5, 5.41) is 13.9. The number of hydrogen-bond acceptors (Lipinski definition) is 4. The van der Waals surface area contributed by atoms with Gasteiger partial charge in [-0.1, -0.05) is 45.0 Å². The van der Waals surface area contributed by atoms with E-state index in [-0.39, 0.29) is 5.92 Å². The number of carbonyl (C=O) groups is 1. The van der Waals surface area contributed by atoms with Crippen LogP contribution in [-0.2, 0) is 16.8 Å². The van der Waals surface area contributed by atoms with Gasteiger partial charge in [0.05, 0.1) is 12.5 Å². The molecule has 0 fully saturated rings. The van der Waals surface area contributed by atoms with Gasteiger partial charge < -0.3 is 10.4 Å². The van der Waals surface area contributed by atoms with Gasteiger partial charge in [0.25, 0.3) is 0 Å². The number of thiazole rings is 1. The largest absolute Gasteiger partial charge is 0.424 e. The zero-order chi connectivity index (χ0) is 21.1. The minimum absolute atomic E-state index is 0.0440. The summed E-state index contributed by atoms with van der Waals surface area (Å²) in [5.74, 6) is -0.927. The Morgan fingerprint density at radius 3 is 2.29 bits per heavy atom. The quantitative estimate of drug-likeness (QED) is 0.692. The molecule has 2 aromatic rings. The normalized spacial score (nSPS) is 15.3. The third kappa shape index (κ3) is 4.91. The molecule has 0 aliphatic carbocycles. The van der Waals surface area contributed by atoms with E-state index in [1.807, 2.05) is 45.0 Å². The number of aryl methyl sites for hydroxylation is 2. The van der Waals surface area contributed by atoms with Crippen LogP contribution in [0.25, 0.3) is 0 Å². The van der Waals surface area contributed by atoms with Gasteiger partial charge in [-0.25, -0.2) is 4.98 Å². The molecule has 2 atom stereocenters. The number of hydrogen-bond donors (Lipinski definition) is 2. The highest BCUT2D eigenvalue weighted by Crippen LogP contribution is 2.43. The second kappa shape index (κ2) is 8.61. The molecule has 1 aromatic carbocycles. The Labute approximate surface area is 166 Å². The number of carbonyl (C=O) groups excluding carboxylic acids is 1. The zero-order valence-electron chi connectivity index (χ0n) is 16.3. The molecule has 1 aromatic heterocycles. The van der Waals surface area contributed by atoms with Gasteiger partial charge in [0, 0.05) is 11.1 Å². The molecule has 0 spiro atoms. The van der Waals surface area contributed by atoms with Crippen LogP contribution in [0.2, 0.25) is 0 Å². The van der Waals surface area contributed by atoms with Gasteiger partial charge in [-0.15, -0.1) is 11.3 Å². The van der Waals surface area contributed by atoms with Gasteiger partial charge in [-0.2, -0.15) is 13.2 Å². The monoisotopic (exact) mass is 414 g/mol. The van der Waals surface area contributed by atoms with E-state index in [0.717, 1.165) is 17.5 Å². The minimum atomic E-state index is -5.02. The van der Waals surface area contributed by atoms with Crippen molar-refractivity contribution in [3.05, 3.63) is 51.5 Å². The first-order chi connectivity index (χ1) is 13.0. The lowest BCUT2D eigenvalue weighted by atomic mass is 9.93. The van der Waals surface area contributed by atoms with E-state index >= 15 is 0 Å². The predicted octanol–water partition coefficient (Wildman–Crippen LogP) is 4.67. The molecular formula is C20H25F3N2O2S. The van der Waals surface area contributed by atoms with E-state index in [0.29, 0.717) is 17.0 Å². The molecule has 28 heavy (non-hydrogen) atoms. The van der Waals surface area contributed by atoms with E-state index in [2.05, 4.69) is 10.3 Å². The van der Waals surface area contributed by atoms with Crippen molar-refractivity contribution in [2.24, 2.45) is 5.92 Å². The first kappa shape index (κ1) is 22.4. The summed E-state index contributed by atoms with van der Waals surface area (Å²) in [6, 6.07) is 7.13. The van der Waals surface area contributed by atoms with Crippen molar-refractivity contribution in [1.29, 1.82) is 0 Å². The lowest BCUT2D eigenvalue weighted by Gasteiger charge is -2.30. The number of amides is 1. The summed E-state index contributed by atoms with van der Waals surface area (Å²) in [6.45, 7) is 7.30. The van der Waals surface area contributed by atoms with Crippen LogP contribution in [0.3, 0.4) is 0 Å². The van der Waals surface area contributed by atoms with Gasteiger partial charge in [0.15, 0.2) is 0 Å². The highest BCUT2D eigenvalue weighted by molar-refractivity contribution is 7.09. The number of aliphatic hydroxyl groups is 1. The molecule has 2 rings (SSSR count). The lowest BCUT2D eigenvalue weighted by molar-refractivity contribution is -0.267. The van der Waals surface area contributed by atoms with Gasteiger partial charge in [-0.3, -0.25) is 4.79 Å². The summed E-state index contributed by atoms with van der Waals surface area (Å²) in [4.78, 5) is 16.3. The zero-order valence-corrected chi connectivity index (χ0v) is 17.1. The van der Waals surface area contributed by atoms with E-state index < -0.39 is 35.2 Å². The summed E-state index contributed by atoms with van der Waals surface area (Å²) in [5.41, 5.74) is -1.02. The van der Waals surface area contributed by atoms with Crippen LogP contribution in [0.5, 0.6) is 0 Å². The molecule has 154 valence electrons. The summed E-state index contributed by atoms with van der Waals surface area (Å²) in [6.07, 6.45) is -5.30. The van der Waals surface area contributed by atoms with Crippen molar-refractivity contribution < 1.29 is 23.1 Å². The molecule has 0 saturated carbocycles. The average molecular weight is 414 g/mol. The maximum absolute atomic E-state index is 13.6. The lowest BCUT2D eigenvalue weighted by Crippen LogP contribution is -2.47. The first-order valence-corrected chi connectivity index (χ1v) is 9.95. The second-order valence-corrected chi connectivity index (χ2v) is 8.07. The summed E-state index contributed by atoms with van der Waals surface area (Å²) >= 11 is 0.690. The number of nitrogens with one attached hydrogen (secondary N) is 1. The Balaban J connectivity index is 2.24. The van der Waals surface area contributed by atoms with E-state index in [9.17, 15) is 23.1 Å². The highest BCUT2D eigenvalue weighted by atomic mass is 32.1. The first-order valence-electron chi connectivity index (χ1n) is 9.07. The van der Waals surface area contributed by atoms with Crippen LogP contribution in [0.4, 0.5) is 13.2 Å². The van der Waals surface area contributed by atoms with Crippen molar-refractivity contribution in [2.75, 3.05) is 0 Å². The molecule has 0 aliphatic rings. The van der Waals surface area contributed by atoms with Crippen molar-refractivity contribution in [2.45, 2.75) is 58.4 Å². The molecule has 4 nitrogen and oxygen atoms in total. The van der Waals surface area contributed by atoms with Crippen LogP contribution in [0.15, 0.2) is 29.6 Å². The Hall–Kier alpha value is -1.93. The Bertz CT molecular complexity index is 803. The fourth-order valence-electron chi connectivity index (χ4n) is 2.89. The van der Waals surface area contributed by atoms with Gasteiger partial charge in [0.2, 0.25) is 11.5 Å². The average Bonchev–Trinajstić information content (AvgIpc) is 3.05. The smallest absolute Gasteiger partial charge is 0.374 e. The molecule has 1 amide bonds. The topological polar surface area (TPSA) is 62.2 Å². The molecule has 0 bridgehead atoms. The number of benzene rings is 1. The maximum atomic E-state index is 13.6. The SMILES string of the molecule is CCc1ccc(C(NC(=O)CC(O)(c2nc(C)cs2)C(F)(F)F)C(C)C)cc1. The second-order valence-electron chi connectivity index (χ2n) is 7.21. The van der Waals surface area contributed by atoms with Crippen molar-refractivity contribution in [3.63, 3.8) is 0 Å². The van der Waals surface area contributed by atoms with Gasteiger partial charge in [-0.05, 0) is 30.4 Å². The van der Waals surface area contributed by atoms with E-state index in [1.165, 1.54) is 12.3 Å². The van der Waals surface area contributed by atoms with Crippen LogP contribution >= 0.6 is 11.3 Å². The molecule has 0 aliphatic heterocycles. The van der Waals surface area contributed by atoms with Crippen molar-refractivity contribution in [3.8, 4) is 0 Å². The summed E-state index contributed by atoms with van der Waals surface area (Å²) in [7, 11) is 0. The maximum Gasteiger partial charge on any atom is 0.424 e. The van der Waals surface area contributed by atoms with Crippen molar-refractivity contribution in [1.82, 2.24) is 10.3 Å². The van der Waals surface area contributed by atoms with Crippen molar-refractivity contribution >= 4 is 17.2 Å². The standard InChI is InChI=1S/C20H25F3N2O2S/c1-5-14-6-8-15(9-7-14)17(12(2)3)25-16(26)10-19(27,20(21,22)23)18-24-13(4)11-28-18/h6-9,11-12,17,27H,5,10H2,1-4H3,(H,25,26). The number of halogens is 3. The number of aromatic nitrogens is 1. The molecular weight excluding hydrogens is 389 g/mol. The van der Waals surface area contributed by atoms with Crippen LogP contribution in [0, 0.1) is 12.8 Å². The molecule has 0 saturated heterocycles. The highest BCUT2D eigenvalue weighted by Gasteiger charge is 2.58. The van der Waals surface area contributed by atoms with Crippen LogP contribution in [-0.4, -0.2) is 22.2 Å². The van der Waals surface area contributed by atoms with Crippen LogP contribution in [0.1, 0.15) is 55.1 Å². The van der Waals surface area contributed by atoms with E-state index in [1.54, 1.807) is 0 Å². The fourth-order valence-corrected chi connectivity index (χ4v) is 3.81. The fraction of sp³-hybridized carbons (Fsp3) is 0.500. The molecule has 1 heterocycles. The molecule has 8 heteroatoms. The Morgan fingerprint density at radius 2 is 1.86 bits per heavy atom. The van der Waals surface area contributed by atoms with E-state index in [4.69, 9.17) is 0 Å². The van der Waals surface area contributed by atoms with Crippen LogP contribution < -0.4 is 5.32 Å². The van der Waals surface area contributed by atoms with Gasteiger partial charge in [0.1, 0.15) is 5.01 Å². The molecule has 0 radical (unpaired) electrons. The number of nitrogens with zero attached hydrogens (tertiary/aromatic N) is 1. The molecule has 2 N–H and O–H groups in total. The Morgan fingerprint density at radius 1 is 1.25 bits per heavy atom. The number of alkyl halides is 3. The third-order valence-corrected chi connectivity index (χ3v) is 5.70. The summed E-state index contributed by atoms with van der Waals surface area (Å²) < 4.78 is 40.8. The predicted molar refractivity (Wildman–Crippen MR) is 103 cm³/mol. The molecule has 2 unspecified atom stereocenters. The minimum Gasteiger partial charge on any atom is -0.374 e. The Kier molecular flexibility index (Phi) is 6.88.